The molecule has 2 atom stereocenters. The first-order valence-corrected chi connectivity index (χ1v) is 5.90. The molecule has 0 N–H and O–H groups in total. The number of aldehydes is 1. The first-order valence-electron chi connectivity index (χ1n) is 5.90. The van der Waals surface area contributed by atoms with Gasteiger partial charge >= 0.3 is 0 Å². The molecular weight excluding hydrogens is 184 g/mol. The standard InChI is InChI=1S/C14H18O/c1-2-3-4-13-9-14(13)12-7-5-11(10-15)6-8-12/h5-8,10,13-14H,2-4,9H2,1H3/t13-,14+/m0/s1. The van der Waals surface area contributed by atoms with Gasteiger partial charge in [0.05, 0.1) is 0 Å². The van der Waals surface area contributed by atoms with Crippen LogP contribution in [0.15, 0.2) is 24.3 Å². The summed E-state index contributed by atoms with van der Waals surface area (Å²) in [5.74, 6) is 1.68. The van der Waals surface area contributed by atoms with Crippen LogP contribution in [0, 0.1) is 5.92 Å². The highest BCUT2D eigenvalue weighted by atomic mass is 16.1. The Morgan fingerprint density at radius 1 is 1.33 bits per heavy atom. The predicted molar refractivity (Wildman–Crippen MR) is 62.2 cm³/mol. The van der Waals surface area contributed by atoms with Gasteiger partial charge in [0, 0.05) is 5.56 Å². The summed E-state index contributed by atoms with van der Waals surface area (Å²) in [6, 6.07) is 8.08. The number of hydrogen-bond acceptors (Lipinski definition) is 1. The summed E-state index contributed by atoms with van der Waals surface area (Å²) in [4.78, 5) is 10.5. The quantitative estimate of drug-likeness (QED) is 0.664. The van der Waals surface area contributed by atoms with Crippen LogP contribution in [0.2, 0.25) is 0 Å². The van der Waals surface area contributed by atoms with Gasteiger partial charge in [0.25, 0.3) is 0 Å². The van der Waals surface area contributed by atoms with Crippen LogP contribution in [0.1, 0.15) is 54.4 Å². The third-order valence-electron chi connectivity index (χ3n) is 3.35. The lowest BCUT2D eigenvalue weighted by Gasteiger charge is -2.00. The molecule has 2 rings (SSSR count). The monoisotopic (exact) mass is 202 g/mol. The van der Waals surface area contributed by atoms with E-state index in [4.69, 9.17) is 0 Å². The lowest BCUT2D eigenvalue weighted by atomic mass is 10.0. The highest BCUT2D eigenvalue weighted by Crippen LogP contribution is 2.50. The number of unbranched alkanes of at least 4 members (excludes halogenated alkanes) is 1. The van der Waals surface area contributed by atoms with Crippen molar-refractivity contribution in [2.24, 2.45) is 5.92 Å². The minimum absolute atomic E-state index is 0.775. The summed E-state index contributed by atoms with van der Waals surface area (Å²) in [5.41, 5.74) is 2.20. The Kier molecular flexibility index (Phi) is 3.20. The average molecular weight is 202 g/mol. The second-order valence-corrected chi connectivity index (χ2v) is 4.53. The van der Waals surface area contributed by atoms with Gasteiger partial charge in [-0.05, 0) is 30.2 Å². The van der Waals surface area contributed by atoms with Gasteiger partial charge in [-0.3, -0.25) is 4.79 Å². The first-order chi connectivity index (χ1) is 7.35. The number of hydrogen-bond donors (Lipinski definition) is 0. The van der Waals surface area contributed by atoms with Gasteiger partial charge in [-0.2, -0.15) is 0 Å². The molecule has 1 aliphatic carbocycles. The number of carbonyl (C=O) groups is 1. The summed E-state index contributed by atoms with van der Waals surface area (Å²) in [6.07, 6.45) is 6.28. The zero-order chi connectivity index (χ0) is 10.7. The van der Waals surface area contributed by atoms with Crippen molar-refractivity contribution in [2.45, 2.75) is 38.5 Å². The van der Waals surface area contributed by atoms with E-state index in [1.54, 1.807) is 0 Å². The lowest BCUT2D eigenvalue weighted by Crippen LogP contribution is -1.86. The molecule has 1 nitrogen and oxygen atoms in total. The Morgan fingerprint density at radius 3 is 2.67 bits per heavy atom. The molecule has 1 heteroatoms. The molecule has 0 bridgehead atoms. The van der Waals surface area contributed by atoms with E-state index < -0.39 is 0 Å². The summed E-state index contributed by atoms with van der Waals surface area (Å²) in [5, 5.41) is 0. The number of carbonyl (C=O) groups excluding carboxylic acids is 1. The molecular formula is C14H18O. The Hall–Kier alpha value is -1.11. The van der Waals surface area contributed by atoms with Crippen molar-refractivity contribution in [1.29, 1.82) is 0 Å². The molecule has 1 aromatic rings. The molecule has 1 fully saturated rings. The molecule has 1 aromatic carbocycles. The van der Waals surface area contributed by atoms with Crippen molar-refractivity contribution in [3.05, 3.63) is 35.4 Å². The third-order valence-corrected chi connectivity index (χ3v) is 3.35. The van der Waals surface area contributed by atoms with E-state index in [0.29, 0.717) is 0 Å². The highest BCUT2D eigenvalue weighted by molar-refractivity contribution is 5.74. The molecule has 0 unspecified atom stereocenters. The van der Waals surface area contributed by atoms with Crippen LogP contribution in [-0.2, 0) is 0 Å². The van der Waals surface area contributed by atoms with E-state index in [0.717, 1.165) is 23.7 Å². The van der Waals surface area contributed by atoms with Gasteiger partial charge in [-0.1, -0.05) is 44.0 Å². The molecule has 0 saturated heterocycles. The SMILES string of the molecule is CCCC[C@H]1C[C@@H]1c1ccc(C=O)cc1. The summed E-state index contributed by atoms with van der Waals surface area (Å²) >= 11 is 0. The minimum Gasteiger partial charge on any atom is -0.298 e. The zero-order valence-corrected chi connectivity index (χ0v) is 9.28. The Bertz CT molecular complexity index is 326. The van der Waals surface area contributed by atoms with Gasteiger partial charge < -0.3 is 0 Å². The van der Waals surface area contributed by atoms with E-state index in [2.05, 4.69) is 19.1 Å². The van der Waals surface area contributed by atoms with Crippen LogP contribution < -0.4 is 0 Å². The van der Waals surface area contributed by atoms with E-state index in [1.807, 2.05) is 12.1 Å². The fourth-order valence-corrected chi connectivity index (χ4v) is 2.26. The second kappa shape index (κ2) is 4.61. The lowest BCUT2D eigenvalue weighted by molar-refractivity contribution is 0.112. The maximum absolute atomic E-state index is 10.5. The van der Waals surface area contributed by atoms with Crippen molar-refractivity contribution in [1.82, 2.24) is 0 Å². The van der Waals surface area contributed by atoms with Crippen molar-refractivity contribution < 1.29 is 4.79 Å². The van der Waals surface area contributed by atoms with Crippen molar-refractivity contribution in [3.8, 4) is 0 Å². The van der Waals surface area contributed by atoms with Crippen LogP contribution in [-0.4, -0.2) is 6.29 Å². The van der Waals surface area contributed by atoms with Crippen LogP contribution >= 0.6 is 0 Å². The largest absolute Gasteiger partial charge is 0.298 e. The van der Waals surface area contributed by atoms with Gasteiger partial charge in [0.1, 0.15) is 6.29 Å². The van der Waals surface area contributed by atoms with E-state index in [9.17, 15) is 4.79 Å². The minimum atomic E-state index is 0.775. The molecule has 0 aromatic heterocycles. The van der Waals surface area contributed by atoms with E-state index in [1.165, 1.54) is 31.2 Å². The third kappa shape index (κ3) is 2.47. The molecule has 15 heavy (non-hydrogen) atoms. The van der Waals surface area contributed by atoms with Crippen molar-refractivity contribution >= 4 is 6.29 Å². The predicted octanol–water partition coefficient (Wildman–Crippen LogP) is 3.79. The molecule has 1 aliphatic rings. The second-order valence-electron chi connectivity index (χ2n) is 4.53. The molecule has 0 heterocycles. The fourth-order valence-electron chi connectivity index (χ4n) is 2.26. The van der Waals surface area contributed by atoms with Crippen LogP contribution in [0.4, 0.5) is 0 Å². The Labute approximate surface area is 91.5 Å². The van der Waals surface area contributed by atoms with Crippen molar-refractivity contribution in [3.63, 3.8) is 0 Å². The van der Waals surface area contributed by atoms with Crippen LogP contribution in [0.3, 0.4) is 0 Å². The molecule has 1 saturated carbocycles. The molecule has 0 amide bonds. The molecule has 0 spiro atoms. The number of benzene rings is 1. The summed E-state index contributed by atoms with van der Waals surface area (Å²) in [6.45, 7) is 2.25. The van der Waals surface area contributed by atoms with Gasteiger partial charge in [0.2, 0.25) is 0 Å². The summed E-state index contributed by atoms with van der Waals surface area (Å²) < 4.78 is 0. The Balaban J connectivity index is 1.92. The molecule has 0 aliphatic heterocycles. The van der Waals surface area contributed by atoms with E-state index in [-0.39, 0.29) is 0 Å². The molecule has 80 valence electrons. The van der Waals surface area contributed by atoms with Crippen LogP contribution in [0.25, 0.3) is 0 Å². The Morgan fingerprint density at radius 2 is 2.07 bits per heavy atom. The maximum Gasteiger partial charge on any atom is 0.150 e. The van der Waals surface area contributed by atoms with Crippen molar-refractivity contribution in [2.75, 3.05) is 0 Å². The smallest absolute Gasteiger partial charge is 0.150 e. The molecule has 0 radical (unpaired) electrons. The average Bonchev–Trinajstić information content (AvgIpc) is 3.06. The summed E-state index contributed by atoms with van der Waals surface area (Å²) in [7, 11) is 0. The van der Waals surface area contributed by atoms with E-state index >= 15 is 0 Å². The van der Waals surface area contributed by atoms with Gasteiger partial charge in [0.15, 0.2) is 0 Å². The zero-order valence-electron chi connectivity index (χ0n) is 9.28. The number of rotatable bonds is 5. The fraction of sp³-hybridized carbons (Fsp3) is 0.500. The first kappa shape index (κ1) is 10.4. The normalized spacial score (nSPS) is 23.8. The van der Waals surface area contributed by atoms with Crippen LogP contribution in [0.5, 0.6) is 0 Å². The maximum atomic E-state index is 10.5. The highest BCUT2D eigenvalue weighted by Gasteiger charge is 2.36. The topological polar surface area (TPSA) is 17.1 Å². The van der Waals surface area contributed by atoms with Gasteiger partial charge in [-0.25, -0.2) is 0 Å². The van der Waals surface area contributed by atoms with Gasteiger partial charge in [-0.15, -0.1) is 0 Å².